The van der Waals surface area contributed by atoms with E-state index in [9.17, 15) is 4.79 Å². The molecule has 0 aliphatic carbocycles. The number of rotatable bonds is 1. The first-order valence-corrected chi connectivity index (χ1v) is 9.15. The minimum Gasteiger partial charge on any atom is -0.370 e. The van der Waals surface area contributed by atoms with Crippen molar-refractivity contribution in [2.45, 2.75) is 38.6 Å². The SMILES string of the molecule is CC1(C)Cc2c(sc3c2C(=O)NC(c2ccc(Br)cc2)N3)CO1. The van der Waals surface area contributed by atoms with Gasteiger partial charge in [0.15, 0.2) is 0 Å². The molecule has 0 fully saturated rings. The lowest BCUT2D eigenvalue weighted by atomic mass is 9.92. The Hall–Kier alpha value is -1.37. The normalized spacial score (nSPS) is 21.9. The molecule has 0 saturated heterocycles. The monoisotopic (exact) mass is 392 g/mol. The molecule has 4 nitrogen and oxygen atoms in total. The van der Waals surface area contributed by atoms with E-state index in [0.717, 1.165) is 37.5 Å². The van der Waals surface area contributed by atoms with Gasteiger partial charge in [-0.2, -0.15) is 0 Å². The first kappa shape index (κ1) is 15.2. The minimum absolute atomic E-state index is 0.00173. The zero-order chi connectivity index (χ0) is 16.2. The van der Waals surface area contributed by atoms with E-state index in [1.54, 1.807) is 11.3 Å². The fourth-order valence-electron chi connectivity index (χ4n) is 3.09. The molecule has 2 aromatic rings. The molecule has 2 aliphatic heterocycles. The molecule has 3 heterocycles. The summed E-state index contributed by atoms with van der Waals surface area (Å²) < 4.78 is 6.90. The van der Waals surface area contributed by atoms with E-state index < -0.39 is 0 Å². The van der Waals surface area contributed by atoms with Crippen molar-refractivity contribution in [3.63, 3.8) is 0 Å². The Balaban J connectivity index is 1.70. The van der Waals surface area contributed by atoms with E-state index >= 15 is 0 Å². The molecule has 1 aromatic heterocycles. The number of nitrogens with one attached hydrogen (secondary N) is 2. The Labute approximate surface area is 147 Å². The second-order valence-corrected chi connectivity index (χ2v) is 8.56. The van der Waals surface area contributed by atoms with Crippen molar-refractivity contribution in [1.29, 1.82) is 0 Å². The molecule has 120 valence electrons. The van der Waals surface area contributed by atoms with E-state index in [4.69, 9.17) is 4.74 Å². The Kier molecular flexibility index (Phi) is 3.51. The van der Waals surface area contributed by atoms with E-state index in [1.807, 2.05) is 24.3 Å². The number of hydrogen-bond donors (Lipinski definition) is 2. The first-order chi connectivity index (χ1) is 10.9. The number of hydrogen-bond acceptors (Lipinski definition) is 4. The summed E-state index contributed by atoms with van der Waals surface area (Å²) in [5.74, 6) is 0.00173. The summed E-state index contributed by atoms with van der Waals surface area (Å²) in [7, 11) is 0. The van der Waals surface area contributed by atoms with Crippen LogP contribution in [-0.4, -0.2) is 11.5 Å². The topological polar surface area (TPSA) is 50.4 Å². The van der Waals surface area contributed by atoms with Crippen LogP contribution in [0.2, 0.25) is 0 Å². The largest absolute Gasteiger partial charge is 0.370 e. The highest BCUT2D eigenvalue weighted by atomic mass is 79.9. The van der Waals surface area contributed by atoms with Crippen molar-refractivity contribution < 1.29 is 9.53 Å². The second-order valence-electron chi connectivity index (χ2n) is 6.54. The molecular formula is C17H17BrN2O2S. The van der Waals surface area contributed by atoms with Gasteiger partial charge in [0.1, 0.15) is 11.2 Å². The van der Waals surface area contributed by atoms with Crippen LogP contribution in [0.15, 0.2) is 28.7 Å². The molecular weight excluding hydrogens is 376 g/mol. The van der Waals surface area contributed by atoms with Crippen molar-refractivity contribution in [3.8, 4) is 0 Å². The Morgan fingerprint density at radius 1 is 1.26 bits per heavy atom. The van der Waals surface area contributed by atoms with Crippen LogP contribution in [0, 0.1) is 0 Å². The van der Waals surface area contributed by atoms with Crippen LogP contribution in [0.4, 0.5) is 5.00 Å². The number of ether oxygens (including phenoxy) is 1. The fourth-order valence-corrected chi connectivity index (χ4v) is 4.51. The average Bonchev–Trinajstić information content (AvgIpc) is 2.84. The second kappa shape index (κ2) is 5.33. The number of carbonyl (C=O) groups excluding carboxylic acids is 1. The lowest BCUT2D eigenvalue weighted by molar-refractivity contribution is -0.0383. The molecule has 1 unspecified atom stereocenters. The van der Waals surface area contributed by atoms with Gasteiger partial charge in [-0.25, -0.2) is 0 Å². The van der Waals surface area contributed by atoms with Crippen molar-refractivity contribution in [2.24, 2.45) is 0 Å². The molecule has 1 amide bonds. The molecule has 2 aliphatic rings. The van der Waals surface area contributed by atoms with Gasteiger partial charge in [0, 0.05) is 15.8 Å². The summed E-state index contributed by atoms with van der Waals surface area (Å²) in [6.07, 6.45) is 0.573. The predicted molar refractivity (Wildman–Crippen MR) is 94.9 cm³/mol. The van der Waals surface area contributed by atoms with Crippen LogP contribution in [0.1, 0.15) is 46.4 Å². The predicted octanol–water partition coefficient (Wildman–Crippen LogP) is 4.22. The van der Waals surface area contributed by atoms with Gasteiger partial charge in [-0.05, 0) is 37.1 Å². The zero-order valence-corrected chi connectivity index (χ0v) is 15.3. The van der Waals surface area contributed by atoms with Gasteiger partial charge in [0.2, 0.25) is 0 Å². The lowest BCUT2D eigenvalue weighted by Gasteiger charge is -2.31. The molecule has 4 rings (SSSR count). The third kappa shape index (κ3) is 2.69. The molecule has 1 atom stereocenters. The number of carbonyl (C=O) groups is 1. The minimum atomic E-state index is -0.218. The maximum atomic E-state index is 12.7. The number of benzene rings is 1. The van der Waals surface area contributed by atoms with Gasteiger partial charge >= 0.3 is 0 Å². The molecule has 0 spiro atoms. The Morgan fingerprint density at radius 3 is 2.74 bits per heavy atom. The van der Waals surface area contributed by atoms with Crippen LogP contribution < -0.4 is 10.6 Å². The summed E-state index contributed by atoms with van der Waals surface area (Å²) in [5.41, 5.74) is 2.76. The van der Waals surface area contributed by atoms with Gasteiger partial charge in [-0.1, -0.05) is 28.1 Å². The first-order valence-electron chi connectivity index (χ1n) is 7.54. The Morgan fingerprint density at radius 2 is 2.00 bits per heavy atom. The highest BCUT2D eigenvalue weighted by Gasteiger charge is 2.36. The summed E-state index contributed by atoms with van der Waals surface area (Å²) >= 11 is 5.07. The van der Waals surface area contributed by atoms with Crippen LogP contribution in [0.25, 0.3) is 0 Å². The number of thiophene rings is 1. The van der Waals surface area contributed by atoms with Crippen molar-refractivity contribution in [2.75, 3.05) is 5.32 Å². The molecule has 6 heteroatoms. The summed E-state index contributed by atoms with van der Waals surface area (Å²) in [6, 6.07) is 7.97. The maximum Gasteiger partial charge on any atom is 0.256 e. The quantitative estimate of drug-likeness (QED) is 0.763. The molecule has 0 saturated carbocycles. The van der Waals surface area contributed by atoms with Crippen LogP contribution in [0.5, 0.6) is 0 Å². The van der Waals surface area contributed by atoms with E-state index in [0.29, 0.717) is 6.61 Å². The van der Waals surface area contributed by atoms with Crippen LogP contribution in [-0.2, 0) is 17.8 Å². The van der Waals surface area contributed by atoms with Gasteiger partial charge < -0.3 is 15.4 Å². The molecule has 0 radical (unpaired) electrons. The van der Waals surface area contributed by atoms with Crippen LogP contribution >= 0.6 is 27.3 Å². The van der Waals surface area contributed by atoms with E-state index in [-0.39, 0.29) is 17.7 Å². The van der Waals surface area contributed by atoms with E-state index in [2.05, 4.69) is 40.4 Å². The third-order valence-corrected chi connectivity index (χ3v) is 5.93. The zero-order valence-electron chi connectivity index (χ0n) is 12.9. The Bertz CT molecular complexity index is 783. The molecule has 2 N–H and O–H groups in total. The van der Waals surface area contributed by atoms with Crippen molar-refractivity contribution in [1.82, 2.24) is 5.32 Å². The summed E-state index contributed by atoms with van der Waals surface area (Å²) in [4.78, 5) is 13.8. The average molecular weight is 393 g/mol. The third-order valence-electron chi connectivity index (χ3n) is 4.27. The summed E-state index contributed by atoms with van der Waals surface area (Å²) in [5, 5.41) is 7.49. The lowest BCUT2D eigenvalue weighted by Crippen LogP contribution is -2.39. The highest BCUT2D eigenvalue weighted by molar-refractivity contribution is 9.10. The standard InChI is InChI=1S/C17H17BrN2O2S/c1-17(2)7-11-12(8-22-17)23-16-13(11)15(21)19-14(20-16)9-3-5-10(18)6-4-9/h3-6,14,20H,7-8H2,1-2H3,(H,19,21). The van der Waals surface area contributed by atoms with Gasteiger partial charge in [-0.15, -0.1) is 11.3 Å². The van der Waals surface area contributed by atoms with Crippen molar-refractivity contribution >= 4 is 38.2 Å². The van der Waals surface area contributed by atoms with Gasteiger partial charge in [0.05, 0.1) is 17.8 Å². The number of halogens is 1. The van der Waals surface area contributed by atoms with E-state index in [1.165, 1.54) is 0 Å². The number of fused-ring (bicyclic) bond motifs is 3. The maximum absolute atomic E-state index is 12.7. The number of anilines is 1. The highest BCUT2D eigenvalue weighted by Crippen LogP contribution is 2.43. The molecule has 23 heavy (non-hydrogen) atoms. The van der Waals surface area contributed by atoms with Gasteiger partial charge in [-0.3, -0.25) is 4.79 Å². The molecule has 0 bridgehead atoms. The smallest absolute Gasteiger partial charge is 0.256 e. The number of amides is 1. The summed E-state index contributed by atoms with van der Waals surface area (Å²) in [6.45, 7) is 4.72. The van der Waals surface area contributed by atoms with Gasteiger partial charge in [0.25, 0.3) is 5.91 Å². The molecule has 1 aromatic carbocycles. The van der Waals surface area contributed by atoms with Crippen LogP contribution in [0.3, 0.4) is 0 Å². The fraction of sp³-hybridized carbons (Fsp3) is 0.353. The van der Waals surface area contributed by atoms with Crippen molar-refractivity contribution in [3.05, 3.63) is 50.3 Å².